The van der Waals surface area contributed by atoms with Crippen LogP contribution >= 0.6 is 0 Å². The highest BCUT2D eigenvalue weighted by Gasteiger charge is 2.51. The Balaban J connectivity index is 1.14. The minimum absolute atomic E-state index is 0.141. The minimum Gasteiger partial charge on any atom is -0.342 e. The number of nitrogens with one attached hydrogen (secondary N) is 1. The Kier molecular flexibility index (Phi) is 5.84. The molecule has 0 bridgehead atoms. The van der Waals surface area contributed by atoms with E-state index in [1.165, 1.54) is 0 Å². The molecule has 3 aliphatic heterocycles. The summed E-state index contributed by atoms with van der Waals surface area (Å²) in [4.78, 5) is 38.1. The van der Waals surface area contributed by atoms with Crippen LogP contribution in [0.5, 0.6) is 0 Å². The summed E-state index contributed by atoms with van der Waals surface area (Å²) in [5.74, 6) is 1.78. The van der Waals surface area contributed by atoms with Crippen LogP contribution in [0.4, 0.5) is 0 Å². The fourth-order valence-electron chi connectivity index (χ4n) is 6.43. The van der Waals surface area contributed by atoms with Crippen LogP contribution < -0.4 is 0 Å². The number of piperidine rings is 1. The van der Waals surface area contributed by atoms with Gasteiger partial charge in [0, 0.05) is 61.6 Å². The normalized spacial score (nSPS) is 21.7. The molecule has 0 radical (unpaired) electrons. The maximum Gasteiger partial charge on any atom is 0.256 e. The smallest absolute Gasteiger partial charge is 0.256 e. The summed E-state index contributed by atoms with van der Waals surface area (Å²) in [5.41, 5.74) is 3.58. The summed E-state index contributed by atoms with van der Waals surface area (Å²) in [7, 11) is 0. The number of hydrogen-bond donors (Lipinski definition) is 1. The van der Waals surface area contributed by atoms with Gasteiger partial charge in [-0.25, -0.2) is 0 Å². The Hall–Kier alpha value is -3.52. The second kappa shape index (κ2) is 9.30. The van der Waals surface area contributed by atoms with Crippen molar-refractivity contribution in [3.05, 3.63) is 54.2 Å². The van der Waals surface area contributed by atoms with E-state index < -0.39 is 5.54 Å². The van der Waals surface area contributed by atoms with Gasteiger partial charge in [0.05, 0.1) is 11.7 Å². The minimum atomic E-state index is -0.668. The fraction of sp³-hybridized carbons (Fsp3) is 0.484. The van der Waals surface area contributed by atoms with Crippen molar-refractivity contribution in [1.82, 2.24) is 24.9 Å². The average molecular weight is 525 g/mol. The first kappa shape index (κ1) is 24.5. The molecular formula is C31H36N6O2. The van der Waals surface area contributed by atoms with Crippen LogP contribution in [0.3, 0.4) is 0 Å². The SMILES string of the molecule is CC(C)N1CCC2(CC1)N=C(c1ccc(-c3ccc4[nH]ncc4c3)cc1)N(CC1CN(C(=O)C3CC3)C1)C2=O. The number of hydrogen-bond acceptors (Lipinski definition) is 5. The number of rotatable bonds is 6. The number of H-pyrrole nitrogens is 1. The van der Waals surface area contributed by atoms with Gasteiger partial charge in [0.1, 0.15) is 11.4 Å². The zero-order chi connectivity index (χ0) is 26.7. The number of likely N-dealkylation sites (tertiary alicyclic amines) is 2. The monoisotopic (exact) mass is 524 g/mol. The van der Waals surface area contributed by atoms with E-state index in [1.54, 1.807) is 0 Å². The zero-order valence-electron chi connectivity index (χ0n) is 22.8. The fourth-order valence-corrected chi connectivity index (χ4v) is 6.43. The standard InChI is InChI=1S/C31H36N6O2/c1-20(2)35-13-11-31(12-14-35)30(39)37(19-21-17-36(18-21)29(38)24-7-8-24)28(33-31)23-5-3-22(4-6-23)25-9-10-27-26(15-25)16-32-34-27/h3-6,9-10,15-16,20-21,24H,7-8,11-14,17-19H2,1-2H3,(H,32,34). The van der Waals surface area contributed by atoms with Gasteiger partial charge in [0.2, 0.25) is 5.91 Å². The van der Waals surface area contributed by atoms with Crippen molar-refractivity contribution >= 4 is 28.6 Å². The number of carbonyl (C=O) groups is 2. The zero-order valence-corrected chi connectivity index (χ0v) is 22.8. The topological polar surface area (TPSA) is 84.9 Å². The third kappa shape index (κ3) is 4.35. The second-order valence-electron chi connectivity index (χ2n) is 12.1. The molecule has 3 fully saturated rings. The molecule has 202 valence electrons. The van der Waals surface area contributed by atoms with Gasteiger partial charge >= 0.3 is 0 Å². The number of amides is 2. The molecule has 39 heavy (non-hydrogen) atoms. The molecule has 2 aromatic carbocycles. The second-order valence-corrected chi connectivity index (χ2v) is 12.1. The number of nitrogens with zero attached hydrogens (tertiary/aromatic N) is 5. The van der Waals surface area contributed by atoms with Gasteiger partial charge in [-0.15, -0.1) is 0 Å². The van der Waals surface area contributed by atoms with Gasteiger partial charge in [0.25, 0.3) is 5.91 Å². The molecule has 7 rings (SSSR count). The Morgan fingerprint density at radius 3 is 2.41 bits per heavy atom. The molecule has 1 aromatic heterocycles. The van der Waals surface area contributed by atoms with E-state index in [2.05, 4.69) is 71.4 Å². The van der Waals surface area contributed by atoms with Crippen molar-refractivity contribution in [2.24, 2.45) is 16.8 Å². The molecule has 0 atom stereocenters. The van der Waals surface area contributed by atoms with Crippen LogP contribution in [0.15, 0.2) is 53.7 Å². The van der Waals surface area contributed by atoms with E-state index in [-0.39, 0.29) is 11.8 Å². The molecule has 1 saturated carbocycles. The van der Waals surface area contributed by atoms with E-state index >= 15 is 0 Å². The van der Waals surface area contributed by atoms with Crippen molar-refractivity contribution in [2.45, 2.75) is 51.1 Å². The van der Waals surface area contributed by atoms with Crippen molar-refractivity contribution in [1.29, 1.82) is 0 Å². The van der Waals surface area contributed by atoms with Crippen LogP contribution in [-0.4, -0.2) is 86.9 Å². The van der Waals surface area contributed by atoms with E-state index in [0.717, 1.165) is 85.3 Å². The number of aliphatic imine (C=N–C) groups is 1. The largest absolute Gasteiger partial charge is 0.342 e. The van der Waals surface area contributed by atoms with Gasteiger partial charge in [-0.1, -0.05) is 30.3 Å². The highest BCUT2D eigenvalue weighted by molar-refractivity contribution is 6.15. The van der Waals surface area contributed by atoms with Crippen LogP contribution in [0, 0.1) is 11.8 Å². The molecule has 0 unspecified atom stereocenters. The van der Waals surface area contributed by atoms with Gasteiger partial charge in [-0.2, -0.15) is 5.10 Å². The van der Waals surface area contributed by atoms with E-state index in [0.29, 0.717) is 24.4 Å². The van der Waals surface area contributed by atoms with E-state index in [9.17, 15) is 9.59 Å². The molecule has 2 saturated heterocycles. The number of fused-ring (bicyclic) bond motifs is 1. The first-order valence-corrected chi connectivity index (χ1v) is 14.4. The van der Waals surface area contributed by atoms with Crippen LogP contribution in [0.1, 0.15) is 45.1 Å². The van der Waals surface area contributed by atoms with Gasteiger partial charge in [-0.05, 0) is 62.8 Å². The maximum atomic E-state index is 14.0. The van der Waals surface area contributed by atoms with E-state index in [1.807, 2.05) is 16.0 Å². The molecule has 1 aliphatic carbocycles. The molecule has 4 aliphatic rings. The lowest BCUT2D eigenvalue weighted by Gasteiger charge is -2.42. The quantitative estimate of drug-likeness (QED) is 0.530. The summed E-state index contributed by atoms with van der Waals surface area (Å²) in [5, 5.41) is 8.22. The maximum absolute atomic E-state index is 14.0. The lowest BCUT2D eigenvalue weighted by molar-refractivity contribution is -0.140. The molecule has 1 N–H and O–H groups in total. The third-order valence-electron chi connectivity index (χ3n) is 9.13. The van der Waals surface area contributed by atoms with Gasteiger partial charge in [0.15, 0.2) is 0 Å². The molecule has 3 aromatic rings. The number of aromatic amines is 1. The Morgan fingerprint density at radius 2 is 1.72 bits per heavy atom. The molecular weight excluding hydrogens is 488 g/mol. The van der Waals surface area contributed by atoms with Crippen LogP contribution in [-0.2, 0) is 9.59 Å². The first-order valence-electron chi connectivity index (χ1n) is 14.4. The summed E-state index contributed by atoms with van der Waals surface area (Å²) in [6.45, 7) is 8.32. The third-order valence-corrected chi connectivity index (χ3v) is 9.13. The molecule has 1 spiro atoms. The first-order chi connectivity index (χ1) is 18.9. The Morgan fingerprint density at radius 1 is 1.03 bits per heavy atom. The van der Waals surface area contributed by atoms with Crippen molar-refractivity contribution in [3.8, 4) is 11.1 Å². The van der Waals surface area contributed by atoms with Gasteiger partial charge < -0.3 is 9.80 Å². The Labute approximate surface area is 229 Å². The van der Waals surface area contributed by atoms with E-state index in [4.69, 9.17) is 4.99 Å². The van der Waals surface area contributed by atoms with Gasteiger partial charge in [-0.3, -0.25) is 24.6 Å². The molecule has 4 heterocycles. The Bertz CT molecular complexity index is 1440. The lowest BCUT2D eigenvalue weighted by atomic mass is 9.87. The summed E-state index contributed by atoms with van der Waals surface area (Å²) in [6.07, 6.45) is 5.41. The number of benzene rings is 2. The van der Waals surface area contributed by atoms with Crippen molar-refractivity contribution in [3.63, 3.8) is 0 Å². The average Bonchev–Trinajstić information content (AvgIpc) is 3.62. The lowest BCUT2D eigenvalue weighted by Crippen LogP contribution is -2.57. The molecule has 8 nitrogen and oxygen atoms in total. The summed E-state index contributed by atoms with van der Waals surface area (Å²) in [6, 6.07) is 15.2. The molecule has 8 heteroatoms. The predicted molar refractivity (Wildman–Crippen MR) is 151 cm³/mol. The highest BCUT2D eigenvalue weighted by atomic mass is 16.2. The molecule has 2 amide bonds. The van der Waals surface area contributed by atoms with Crippen LogP contribution in [0.2, 0.25) is 0 Å². The number of amidine groups is 1. The highest BCUT2D eigenvalue weighted by Crippen LogP contribution is 2.38. The van der Waals surface area contributed by atoms with Crippen molar-refractivity contribution < 1.29 is 9.59 Å². The van der Waals surface area contributed by atoms with Crippen molar-refractivity contribution in [2.75, 3.05) is 32.7 Å². The number of aromatic nitrogens is 2. The summed E-state index contributed by atoms with van der Waals surface area (Å²) >= 11 is 0. The van der Waals surface area contributed by atoms with Crippen LogP contribution in [0.25, 0.3) is 22.0 Å². The summed E-state index contributed by atoms with van der Waals surface area (Å²) < 4.78 is 0. The predicted octanol–water partition coefficient (Wildman–Crippen LogP) is 3.93. The number of carbonyl (C=O) groups excluding carboxylic acids is 2.